The highest BCUT2D eigenvalue weighted by Gasteiger charge is 2.43. The standard InChI is InChI=1S/C49H54N8O8/c1-26(2)41(54-48(60)63-5)47(59)57-27(3)12-17-38(57)45-51-36-16-14-30-20-35-33-15-13-31(19-32(33)25-65-40(35)21-34(30)43(36)53-45)37-22-50-44(52-37)39-18-28(24-62-4)23-56(39)46(58)42(55-49(61)64-6)29-10-8-7-9-11-29/h7-11,13-16,19-22,26-28,38-39,41-42H,12,17-18,23-25H2,1-6H3,(H,50,52)(H,51,53)(H,54,60)(H,55,61)/t27-,28-,38-,39-,41-,42+/m0/s1/i1D3,2D3,26D,41D. The number of benzene rings is 4. The second-order valence-electron chi connectivity index (χ2n) is 16.6. The average Bonchev–Trinajstić information content (AvgIpc) is 4.20. The van der Waals surface area contributed by atoms with E-state index in [1.807, 2.05) is 53.8 Å². The number of hydrogen-bond donors (Lipinski definition) is 4. The Morgan fingerprint density at radius 1 is 0.908 bits per heavy atom. The van der Waals surface area contributed by atoms with E-state index in [0.29, 0.717) is 59.6 Å². The van der Waals surface area contributed by atoms with Gasteiger partial charge in [-0.2, -0.15) is 0 Å². The van der Waals surface area contributed by atoms with Crippen molar-refractivity contribution in [3.8, 4) is 28.1 Å². The maximum Gasteiger partial charge on any atom is 0.407 e. The van der Waals surface area contributed by atoms with E-state index in [1.165, 1.54) is 7.11 Å². The molecule has 5 heterocycles. The highest BCUT2D eigenvalue weighted by molar-refractivity contribution is 6.07. The van der Waals surface area contributed by atoms with Crippen LogP contribution in [0.25, 0.3) is 44.2 Å². The maximum atomic E-state index is 14.6. The summed E-state index contributed by atoms with van der Waals surface area (Å²) >= 11 is 0. The first kappa shape index (κ1) is 34.5. The second-order valence-corrected chi connectivity index (χ2v) is 16.6. The number of aromatic amines is 2. The molecule has 3 aliphatic rings. The summed E-state index contributed by atoms with van der Waals surface area (Å²) in [5, 5.41) is 6.07. The van der Waals surface area contributed by atoms with Crippen molar-refractivity contribution in [3.63, 3.8) is 0 Å². The van der Waals surface area contributed by atoms with Gasteiger partial charge in [0.15, 0.2) is 0 Å². The van der Waals surface area contributed by atoms with Crippen LogP contribution in [0.2, 0.25) is 0 Å². The summed E-state index contributed by atoms with van der Waals surface area (Å²) in [5.41, 5.74) is 6.01. The van der Waals surface area contributed by atoms with E-state index in [4.69, 9.17) is 33.8 Å². The van der Waals surface area contributed by atoms with Crippen molar-refractivity contribution in [1.29, 1.82) is 0 Å². The summed E-state index contributed by atoms with van der Waals surface area (Å²) in [6.45, 7) is -4.80. The number of aromatic nitrogens is 4. The molecule has 16 heteroatoms. The van der Waals surface area contributed by atoms with Crippen molar-refractivity contribution >= 4 is 45.8 Å². The Hall–Kier alpha value is -6.94. The lowest BCUT2D eigenvalue weighted by atomic mass is 9.92. The number of ether oxygens (including phenoxy) is 4. The number of nitrogens with one attached hydrogen (secondary N) is 4. The molecule has 6 aromatic rings. The van der Waals surface area contributed by atoms with Gasteiger partial charge in [-0.05, 0) is 84.0 Å². The second kappa shape index (κ2) is 17.9. The molecule has 2 fully saturated rings. The molecule has 3 aliphatic heterocycles. The minimum atomic E-state index is -3.83. The van der Waals surface area contributed by atoms with Crippen LogP contribution in [0.4, 0.5) is 9.59 Å². The van der Waals surface area contributed by atoms with Gasteiger partial charge in [-0.25, -0.2) is 19.6 Å². The largest absolute Gasteiger partial charge is 0.488 e. The van der Waals surface area contributed by atoms with Gasteiger partial charge in [0.25, 0.3) is 5.91 Å². The van der Waals surface area contributed by atoms with E-state index in [2.05, 4.69) is 20.0 Å². The zero-order chi connectivity index (χ0) is 52.4. The van der Waals surface area contributed by atoms with Crippen molar-refractivity contribution in [1.82, 2.24) is 40.4 Å². The molecule has 0 radical (unpaired) electrons. The van der Waals surface area contributed by atoms with Crippen molar-refractivity contribution in [2.75, 3.05) is 34.5 Å². The molecule has 4 amide bonds. The molecule has 0 bridgehead atoms. The third kappa shape index (κ3) is 8.22. The number of amides is 4. The smallest absolute Gasteiger partial charge is 0.407 e. The Morgan fingerprint density at radius 2 is 1.71 bits per heavy atom. The zero-order valence-corrected chi connectivity index (χ0v) is 36.2. The van der Waals surface area contributed by atoms with Gasteiger partial charge in [-0.1, -0.05) is 62.2 Å². The Morgan fingerprint density at radius 3 is 2.48 bits per heavy atom. The van der Waals surface area contributed by atoms with Gasteiger partial charge in [-0.15, -0.1) is 0 Å². The lowest BCUT2D eigenvalue weighted by Crippen LogP contribution is -2.52. The fraction of sp³-hybridized carbons (Fsp3) is 0.388. The van der Waals surface area contributed by atoms with Crippen LogP contribution in [-0.4, -0.2) is 100 Å². The van der Waals surface area contributed by atoms with Gasteiger partial charge < -0.3 is 49.3 Å². The Labute approximate surface area is 387 Å². The molecule has 16 nitrogen and oxygen atoms in total. The number of hydrogen-bond acceptors (Lipinski definition) is 10. The number of nitrogens with zero attached hydrogens (tertiary/aromatic N) is 4. The third-order valence-corrected chi connectivity index (χ3v) is 12.6. The van der Waals surface area contributed by atoms with Crippen molar-refractivity contribution in [2.45, 2.75) is 76.7 Å². The van der Waals surface area contributed by atoms with Crippen LogP contribution in [-0.2, 0) is 30.4 Å². The van der Waals surface area contributed by atoms with Gasteiger partial charge in [-0.3, -0.25) is 9.59 Å². The number of fused-ring (bicyclic) bond motifs is 6. The molecule has 0 saturated carbocycles. The molecular formula is C49H54N8O8. The maximum absolute atomic E-state index is 14.6. The fourth-order valence-electron chi connectivity index (χ4n) is 9.44. The topological polar surface area (TPSA) is 193 Å². The molecular weight excluding hydrogens is 829 g/mol. The van der Waals surface area contributed by atoms with Gasteiger partial charge >= 0.3 is 12.2 Å². The third-order valence-electron chi connectivity index (χ3n) is 12.6. The first-order chi connectivity index (χ1) is 34.6. The van der Waals surface area contributed by atoms with E-state index in [9.17, 15) is 20.5 Å². The molecule has 2 saturated heterocycles. The SMILES string of the molecule is [2H]C([2H])([2H])C([2H])(C([2H])([2H])[2H])[C@]([2H])(NC(=O)OC)C(=O)N1[C@@H](C)CC[C@H]1c1nc2c(ccc3cc4c(cc32)OCc2cc(-c3cnc([C@@H]5C[C@H](COC)CN5C(=O)[C@H](NC(=O)OC)c5ccccc5)[nH]3)ccc2-4)[nH]1. The molecule has 0 unspecified atom stereocenters. The number of likely N-dealkylation sites (tertiary alicyclic amines) is 2. The number of alkyl carbamates (subject to hydrolysis) is 2. The summed E-state index contributed by atoms with van der Waals surface area (Å²) in [4.78, 5) is 73.3. The van der Waals surface area contributed by atoms with Gasteiger partial charge in [0.2, 0.25) is 5.91 Å². The summed E-state index contributed by atoms with van der Waals surface area (Å²) in [6, 6.07) is 16.0. The molecule has 0 aliphatic carbocycles. The van der Waals surface area contributed by atoms with E-state index in [0.717, 1.165) is 45.3 Å². The monoisotopic (exact) mass is 890 g/mol. The van der Waals surface area contributed by atoms with E-state index >= 15 is 0 Å². The summed E-state index contributed by atoms with van der Waals surface area (Å²) < 4.78 is 87.9. The molecule has 338 valence electrons. The van der Waals surface area contributed by atoms with Crippen LogP contribution in [0.3, 0.4) is 0 Å². The number of imidazole rings is 2. The van der Waals surface area contributed by atoms with Gasteiger partial charge in [0.05, 0.1) is 57.2 Å². The van der Waals surface area contributed by atoms with Crippen LogP contribution in [0.15, 0.2) is 79.0 Å². The summed E-state index contributed by atoms with van der Waals surface area (Å²) in [5.74, 6) is -4.07. The van der Waals surface area contributed by atoms with Crippen LogP contribution in [0.1, 0.15) is 91.8 Å². The first-order valence-electron chi connectivity index (χ1n) is 25.3. The van der Waals surface area contributed by atoms with Gasteiger partial charge in [0.1, 0.15) is 36.1 Å². The molecule has 65 heavy (non-hydrogen) atoms. The molecule has 4 aromatic carbocycles. The lowest BCUT2D eigenvalue weighted by molar-refractivity contribution is -0.137. The fourth-order valence-corrected chi connectivity index (χ4v) is 9.44. The van der Waals surface area contributed by atoms with Crippen molar-refractivity contribution in [3.05, 3.63) is 102 Å². The first-order valence-corrected chi connectivity index (χ1v) is 21.3. The van der Waals surface area contributed by atoms with E-state index in [-0.39, 0.29) is 30.7 Å². The number of carbonyl (C=O) groups excluding carboxylic acids is 4. The van der Waals surface area contributed by atoms with Crippen LogP contribution in [0.5, 0.6) is 5.75 Å². The summed E-state index contributed by atoms with van der Waals surface area (Å²) in [7, 11) is 3.77. The molecule has 6 atom stereocenters. The minimum absolute atomic E-state index is 0.0183. The number of rotatable bonds is 11. The highest BCUT2D eigenvalue weighted by atomic mass is 16.5. The summed E-state index contributed by atoms with van der Waals surface area (Å²) in [6.07, 6.45) is 0.754. The van der Waals surface area contributed by atoms with Gasteiger partial charge in [0, 0.05) is 46.2 Å². The molecule has 2 aromatic heterocycles. The molecule has 9 rings (SSSR count). The predicted octanol–water partition coefficient (Wildman–Crippen LogP) is 7.73. The zero-order valence-electron chi connectivity index (χ0n) is 44.2. The molecule has 4 N–H and O–H groups in total. The average molecular weight is 891 g/mol. The van der Waals surface area contributed by atoms with E-state index < -0.39 is 67.9 Å². The van der Waals surface area contributed by atoms with E-state index in [1.54, 1.807) is 49.4 Å². The van der Waals surface area contributed by atoms with Crippen molar-refractivity contribution < 1.29 is 49.1 Å². The Balaban J connectivity index is 0.997. The number of methoxy groups -OCH3 is 3. The Kier molecular flexibility index (Phi) is 9.50. The number of carbonyl (C=O) groups is 4. The minimum Gasteiger partial charge on any atom is -0.488 e. The van der Waals surface area contributed by atoms with Crippen LogP contribution in [0, 0.1) is 11.8 Å². The predicted molar refractivity (Wildman–Crippen MR) is 243 cm³/mol. The molecule has 0 spiro atoms. The normalized spacial score (nSPS) is 22.8. The van der Waals surface area contributed by atoms with Crippen molar-refractivity contribution in [2.24, 2.45) is 11.8 Å². The quantitative estimate of drug-likeness (QED) is 0.100. The number of H-pyrrole nitrogens is 2. The van der Waals surface area contributed by atoms with Crippen LogP contribution >= 0.6 is 0 Å². The lowest BCUT2D eigenvalue weighted by Gasteiger charge is -2.32. The Bertz CT molecular complexity index is 3100. The highest BCUT2D eigenvalue weighted by Crippen LogP contribution is 2.44. The van der Waals surface area contributed by atoms with Crippen LogP contribution < -0.4 is 15.4 Å².